The molecule has 0 aliphatic heterocycles. The summed E-state index contributed by atoms with van der Waals surface area (Å²) >= 11 is 0. The molecule has 0 fully saturated rings. The second kappa shape index (κ2) is 7.35. The van der Waals surface area contributed by atoms with E-state index in [-0.39, 0.29) is 29.6 Å². The number of hydrogen-bond donors (Lipinski definition) is 1. The van der Waals surface area contributed by atoms with Gasteiger partial charge in [0.2, 0.25) is 0 Å². The molecule has 1 aromatic rings. The molecule has 0 saturated carbocycles. The summed E-state index contributed by atoms with van der Waals surface area (Å²) in [6, 6.07) is 8.86. The van der Waals surface area contributed by atoms with Crippen molar-refractivity contribution >= 4 is 17.8 Å². The van der Waals surface area contributed by atoms with E-state index in [1.165, 1.54) is 6.08 Å². The Morgan fingerprint density at radius 2 is 1.81 bits per heavy atom. The molecule has 78 valence electrons. The van der Waals surface area contributed by atoms with E-state index in [0.29, 0.717) is 0 Å². The predicted octanol–water partition coefficient (Wildman–Crippen LogP) is -3.62. The number of carboxylic acid groups (broad SMARTS) is 1. The zero-order chi connectivity index (χ0) is 11.3. The van der Waals surface area contributed by atoms with Crippen molar-refractivity contribution in [3.63, 3.8) is 0 Å². The van der Waals surface area contributed by atoms with Crippen LogP contribution in [0.3, 0.4) is 0 Å². The van der Waals surface area contributed by atoms with Gasteiger partial charge in [0.1, 0.15) is 0 Å². The molecule has 16 heavy (non-hydrogen) atoms. The number of carboxylic acids is 1. The molecule has 1 rings (SSSR count). The molecule has 4 nitrogen and oxygen atoms in total. The van der Waals surface area contributed by atoms with Crippen LogP contribution in [0.2, 0.25) is 0 Å². The minimum absolute atomic E-state index is 0. The van der Waals surface area contributed by atoms with Gasteiger partial charge >= 0.3 is 29.6 Å². The fourth-order valence-corrected chi connectivity index (χ4v) is 0.950. The van der Waals surface area contributed by atoms with Gasteiger partial charge in [-0.05, 0) is 11.6 Å². The zero-order valence-electron chi connectivity index (χ0n) is 8.79. The number of carbonyl (C=O) groups excluding carboxylic acids is 2. The normalized spacial score (nSPS) is 11.8. The first-order chi connectivity index (χ1) is 7.11. The van der Waals surface area contributed by atoms with E-state index in [0.717, 1.165) is 11.6 Å². The van der Waals surface area contributed by atoms with Gasteiger partial charge in [0.15, 0.2) is 11.9 Å². The molecular formula is C11H9NaO4. The predicted molar refractivity (Wildman–Crippen MR) is 51.5 cm³/mol. The van der Waals surface area contributed by atoms with E-state index in [2.05, 4.69) is 0 Å². The largest absolute Gasteiger partial charge is 1.00 e. The van der Waals surface area contributed by atoms with Crippen molar-refractivity contribution in [2.75, 3.05) is 0 Å². The van der Waals surface area contributed by atoms with Crippen LogP contribution in [0.15, 0.2) is 36.4 Å². The van der Waals surface area contributed by atoms with Gasteiger partial charge in [-0.2, -0.15) is 0 Å². The number of aliphatic hydroxyl groups excluding tert-OH is 1. The second-order valence-electron chi connectivity index (χ2n) is 2.87. The molecule has 0 bridgehead atoms. The Hall–Kier alpha value is -0.940. The first kappa shape index (κ1) is 15.1. The summed E-state index contributed by atoms with van der Waals surface area (Å²) in [6.45, 7) is 0. The molecule has 0 radical (unpaired) electrons. The third kappa shape index (κ3) is 4.72. The van der Waals surface area contributed by atoms with Gasteiger partial charge in [-0.1, -0.05) is 36.4 Å². The van der Waals surface area contributed by atoms with Crippen molar-refractivity contribution in [1.82, 2.24) is 0 Å². The molecule has 1 aromatic carbocycles. The fraction of sp³-hybridized carbons (Fsp3) is 0.0909. The van der Waals surface area contributed by atoms with E-state index < -0.39 is 17.9 Å². The number of ketones is 1. The first-order valence-corrected chi connectivity index (χ1v) is 4.27. The van der Waals surface area contributed by atoms with Crippen LogP contribution < -0.4 is 34.7 Å². The minimum Gasteiger partial charge on any atom is -0.547 e. The molecule has 5 heteroatoms. The van der Waals surface area contributed by atoms with Crippen LogP contribution in [0.25, 0.3) is 6.08 Å². The molecular weight excluding hydrogens is 219 g/mol. The number of rotatable bonds is 4. The summed E-state index contributed by atoms with van der Waals surface area (Å²) in [5.74, 6) is -2.70. The van der Waals surface area contributed by atoms with Gasteiger partial charge in [0.05, 0.1) is 5.97 Å². The molecule has 0 aliphatic rings. The zero-order valence-corrected chi connectivity index (χ0v) is 10.8. The summed E-state index contributed by atoms with van der Waals surface area (Å²) in [7, 11) is 0. The molecule has 0 heterocycles. The van der Waals surface area contributed by atoms with Crippen molar-refractivity contribution in [2.45, 2.75) is 6.10 Å². The smallest absolute Gasteiger partial charge is 0.547 e. The van der Waals surface area contributed by atoms with E-state index in [9.17, 15) is 14.7 Å². The molecule has 0 amide bonds. The van der Waals surface area contributed by atoms with Gasteiger partial charge in [0, 0.05) is 0 Å². The Kier molecular flexibility index (Phi) is 6.92. The number of carbonyl (C=O) groups is 2. The number of aliphatic carboxylic acids is 1. The average Bonchev–Trinajstić information content (AvgIpc) is 2.26. The summed E-state index contributed by atoms with van der Waals surface area (Å²) in [5, 5.41) is 18.9. The maximum Gasteiger partial charge on any atom is 1.00 e. The SMILES string of the molecule is O=C([O-])C(O)C(=O)C=Cc1ccccc1.[Na+]. The van der Waals surface area contributed by atoms with Gasteiger partial charge in [-0.15, -0.1) is 0 Å². The number of aliphatic hydroxyl groups is 1. The van der Waals surface area contributed by atoms with Crippen molar-refractivity contribution < 1.29 is 49.4 Å². The van der Waals surface area contributed by atoms with E-state index in [1.807, 2.05) is 6.07 Å². The molecule has 0 aliphatic carbocycles. The average molecular weight is 228 g/mol. The van der Waals surface area contributed by atoms with Crippen molar-refractivity contribution in [2.24, 2.45) is 0 Å². The van der Waals surface area contributed by atoms with Gasteiger partial charge in [0.25, 0.3) is 0 Å². The standard InChI is InChI=1S/C11H10O4.Na/c12-9(10(13)11(14)15)7-6-8-4-2-1-3-5-8;/h1-7,10,13H,(H,14,15);/q;+1/p-1. The van der Waals surface area contributed by atoms with Crippen LogP contribution in [0.4, 0.5) is 0 Å². The van der Waals surface area contributed by atoms with Crippen molar-refractivity contribution in [3.8, 4) is 0 Å². The molecule has 0 saturated heterocycles. The van der Waals surface area contributed by atoms with Crippen LogP contribution >= 0.6 is 0 Å². The minimum atomic E-state index is -2.09. The summed E-state index contributed by atoms with van der Waals surface area (Å²) in [5.41, 5.74) is 0.747. The van der Waals surface area contributed by atoms with E-state index >= 15 is 0 Å². The molecule has 0 aromatic heterocycles. The summed E-state index contributed by atoms with van der Waals surface area (Å²) < 4.78 is 0. The van der Waals surface area contributed by atoms with Crippen LogP contribution in [-0.4, -0.2) is 23.0 Å². The molecule has 1 unspecified atom stereocenters. The Morgan fingerprint density at radius 3 is 2.31 bits per heavy atom. The Labute approximate surface area is 115 Å². The van der Waals surface area contributed by atoms with Crippen LogP contribution in [0.5, 0.6) is 0 Å². The maximum atomic E-state index is 11.0. The Morgan fingerprint density at radius 1 is 1.25 bits per heavy atom. The number of hydrogen-bond acceptors (Lipinski definition) is 4. The Bertz CT molecular complexity index is 386. The monoisotopic (exact) mass is 228 g/mol. The van der Waals surface area contributed by atoms with Crippen molar-refractivity contribution in [3.05, 3.63) is 42.0 Å². The first-order valence-electron chi connectivity index (χ1n) is 4.27. The molecule has 1 N–H and O–H groups in total. The topological polar surface area (TPSA) is 77.4 Å². The van der Waals surface area contributed by atoms with Crippen molar-refractivity contribution in [1.29, 1.82) is 0 Å². The van der Waals surface area contributed by atoms with Crippen LogP contribution in [0, 0.1) is 0 Å². The van der Waals surface area contributed by atoms with Crippen LogP contribution in [-0.2, 0) is 9.59 Å². The summed E-state index contributed by atoms with van der Waals surface area (Å²) in [6.07, 6.45) is 0.342. The van der Waals surface area contributed by atoms with Gasteiger partial charge in [-0.3, -0.25) is 4.79 Å². The molecule has 1 atom stereocenters. The number of benzene rings is 1. The summed E-state index contributed by atoms with van der Waals surface area (Å²) in [4.78, 5) is 21.1. The van der Waals surface area contributed by atoms with Gasteiger partial charge < -0.3 is 15.0 Å². The Balaban J connectivity index is 0.00000225. The third-order valence-electron chi connectivity index (χ3n) is 1.73. The third-order valence-corrected chi connectivity index (χ3v) is 1.73. The fourth-order valence-electron chi connectivity index (χ4n) is 0.950. The van der Waals surface area contributed by atoms with E-state index in [4.69, 9.17) is 5.11 Å². The maximum absolute atomic E-state index is 11.0. The van der Waals surface area contributed by atoms with Crippen LogP contribution in [0.1, 0.15) is 5.56 Å². The quantitative estimate of drug-likeness (QED) is 0.328. The second-order valence-corrected chi connectivity index (χ2v) is 2.87. The van der Waals surface area contributed by atoms with E-state index in [1.54, 1.807) is 24.3 Å². The molecule has 0 spiro atoms. The van der Waals surface area contributed by atoms with Gasteiger partial charge in [-0.25, -0.2) is 0 Å².